The number of hydrogen-bond donors (Lipinski definition) is 4. The molecule has 179 valence electrons. The molecule has 0 spiro atoms. The maximum atomic E-state index is 12.2. The number of carbonyl (C=O) groups excluding carboxylic acids is 1. The summed E-state index contributed by atoms with van der Waals surface area (Å²) in [6, 6.07) is 15.0. The van der Waals surface area contributed by atoms with Crippen molar-refractivity contribution in [2.45, 2.75) is 24.8 Å². The average molecular weight is 551 g/mol. The first-order valence-electron chi connectivity index (χ1n) is 9.71. The fraction of sp³-hybridized carbons (Fsp3) is 0.286. The molecule has 0 saturated carbocycles. The van der Waals surface area contributed by atoms with Gasteiger partial charge < -0.3 is 30.2 Å². The van der Waals surface area contributed by atoms with Gasteiger partial charge in [0.25, 0.3) is 5.09 Å². The predicted octanol–water partition coefficient (Wildman–Crippen LogP) is 3.10. The van der Waals surface area contributed by atoms with Crippen LogP contribution in [0.5, 0.6) is 0 Å². The van der Waals surface area contributed by atoms with Crippen LogP contribution in [-0.2, 0) is 47.0 Å². The van der Waals surface area contributed by atoms with Crippen LogP contribution in [0.3, 0.4) is 0 Å². The maximum absolute atomic E-state index is 12.2. The van der Waals surface area contributed by atoms with Crippen molar-refractivity contribution in [2.75, 3.05) is 13.2 Å². The molecule has 0 aliphatic heterocycles. The second kappa shape index (κ2) is 14.1. The van der Waals surface area contributed by atoms with E-state index in [9.17, 15) is 14.4 Å². The molecule has 1 amide bonds. The van der Waals surface area contributed by atoms with Gasteiger partial charge in [0.2, 0.25) is 0 Å². The number of rotatable bonds is 8. The van der Waals surface area contributed by atoms with Crippen molar-refractivity contribution in [3.05, 3.63) is 69.8 Å². The monoisotopic (exact) mass is 551 g/mol. The van der Waals surface area contributed by atoms with Crippen molar-refractivity contribution < 1.29 is 77.1 Å². The van der Waals surface area contributed by atoms with Gasteiger partial charge in [-0.1, -0.05) is 48.5 Å². The number of aliphatic carboxylic acids is 1. The number of fused-ring (bicyclic) bond motifs is 3. The van der Waals surface area contributed by atoms with E-state index in [2.05, 4.69) is 10.1 Å². The van der Waals surface area contributed by atoms with Crippen LogP contribution in [-0.4, -0.2) is 58.0 Å². The van der Waals surface area contributed by atoms with E-state index in [0.29, 0.717) is 0 Å². The number of carbonyl (C=O) groups is 3. The fourth-order valence-electron chi connectivity index (χ4n) is 3.47. The molecule has 0 aromatic heterocycles. The van der Waals surface area contributed by atoms with Gasteiger partial charge in [-0.05, 0) is 28.7 Å². The number of alkyl carbamates (subject to hydrolysis) is 1. The third-order valence-corrected chi connectivity index (χ3v) is 4.78. The Morgan fingerprint density at radius 3 is 1.97 bits per heavy atom. The summed E-state index contributed by atoms with van der Waals surface area (Å²) in [5, 5.41) is 33.6. The van der Waals surface area contributed by atoms with Crippen LogP contribution in [0.15, 0.2) is 48.5 Å². The fourth-order valence-corrected chi connectivity index (χ4v) is 3.47. The Bertz CT molecular complexity index is 949. The number of amides is 1. The van der Waals surface area contributed by atoms with E-state index in [4.69, 9.17) is 30.3 Å². The van der Waals surface area contributed by atoms with E-state index >= 15 is 0 Å². The van der Waals surface area contributed by atoms with Crippen molar-refractivity contribution in [1.29, 1.82) is 0 Å². The summed E-state index contributed by atoms with van der Waals surface area (Å²) in [7, 11) is 0. The zero-order valence-electron chi connectivity index (χ0n) is 17.8. The van der Waals surface area contributed by atoms with Crippen LogP contribution in [0.25, 0.3) is 11.1 Å². The number of ether oxygens (including phenoxy) is 2. The molecule has 1 radical (unpaired) electrons. The number of hydrogen-bond acceptors (Lipinski definition) is 7. The molecule has 2 aromatic carbocycles. The summed E-state index contributed by atoms with van der Waals surface area (Å²) in [6.07, 6.45) is -2.47. The second-order valence-electron chi connectivity index (χ2n) is 6.91. The van der Waals surface area contributed by atoms with Gasteiger partial charge in [-0.25, -0.2) is 9.59 Å². The Kier molecular flexibility index (Phi) is 11.9. The van der Waals surface area contributed by atoms with E-state index in [0.717, 1.165) is 22.3 Å². The zero-order chi connectivity index (χ0) is 24.4. The molecule has 0 saturated heterocycles. The van der Waals surface area contributed by atoms with E-state index in [1.165, 1.54) is 0 Å². The quantitative estimate of drug-likeness (QED) is 0.216. The molecule has 0 fully saturated rings. The van der Waals surface area contributed by atoms with Crippen molar-refractivity contribution in [3.63, 3.8) is 0 Å². The van der Waals surface area contributed by atoms with Crippen molar-refractivity contribution in [2.24, 2.45) is 0 Å². The molecule has 3 rings (SSSR count). The number of benzene rings is 2. The first-order chi connectivity index (χ1) is 15.7. The third-order valence-electron chi connectivity index (χ3n) is 4.78. The summed E-state index contributed by atoms with van der Waals surface area (Å²) in [5.74, 6) is -1.17. The standard InChI is InChI=1S/C21H21NO7.HNO3.Y/c23-19(24)10-9-13(11-29-21(26)27)22-20(25)28-12-18-16-7-3-1-5-14(16)15-6-2-4-8-17(15)18;2-1(3)4;/h1-8,13,18H,9-12H2,(H,22,25)(H,23,24)(H,26,27);(H,2,3,4);. The Morgan fingerprint density at radius 1 is 1.00 bits per heavy atom. The van der Waals surface area contributed by atoms with Crippen LogP contribution < -0.4 is 5.32 Å². The van der Waals surface area contributed by atoms with Crippen molar-refractivity contribution >= 4 is 18.2 Å². The van der Waals surface area contributed by atoms with Gasteiger partial charge in [-0.3, -0.25) is 4.79 Å². The van der Waals surface area contributed by atoms with Gasteiger partial charge >= 0.3 is 18.2 Å². The smallest absolute Gasteiger partial charge is 0.481 e. The number of carboxylic acids is 1. The van der Waals surface area contributed by atoms with Gasteiger partial charge in [0.15, 0.2) is 0 Å². The average Bonchev–Trinajstić information content (AvgIpc) is 3.07. The third kappa shape index (κ3) is 8.95. The van der Waals surface area contributed by atoms with E-state index in [-0.39, 0.29) is 64.7 Å². The van der Waals surface area contributed by atoms with Crippen molar-refractivity contribution in [3.8, 4) is 11.1 Å². The summed E-state index contributed by atoms with van der Waals surface area (Å²) in [4.78, 5) is 41.9. The molecule has 1 unspecified atom stereocenters. The molecule has 1 atom stereocenters. The zero-order valence-corrected chi connectivity index (χ0v) is 20.7. The van der Waals surface area contributed by atoms with Crippen LogP contribution in [0.1, 0.15) is 29.9 Å². The number of carboxylic acid groups (broad SMARTS) is 2. The van der Waals surface area contributed by atoms with Crippen LogP contribution in [0, 0.1) is 10.1 Å². The van der Waals surface area contributed by atoms with E-state index in [1.54, 1.807) is 0 Å². The maximum Gasteiger partial charge on any atom is 0.505 e. The first-order valence-corrected chi connectivity index (χ1v) is 9.71. The largest absolute Gasteiger partial charge is 0.505 e. The minimum atomic E-state index is -1.50. The molecule has 0 bridgehead atoms. The van der Waals surface area contributed by atoms with Gasteiger partial charge in [0.05, 0.1) is 6.04 Å². The first kappa shape index (κ1) is 28.8. The molecule has 13 heteroatoms. The second-order valence-corrected chi connectivity index (χ2v) is 6.91. The Labute approximate surface area is 218 Å². The summed E-state index contributed by atoms with van der Waals surface area (Å²) in [5.41, 5.74) is 4.34. The molecule has 34 heavy (non-hydrogen) atoms. The predicted molar refractivity (Wildman–Crippen MR) is 112 cm³/mol. The van der Waals surface area contributed by atoms with E-state index < -0.39 is 29.3 Å². The molecule has 1 aliphatic carbocycles. The molecule has 4 N–H and O–H groups in total. The topological polar surface area (TPSA) is 186 Å². The summed E-state index contributed by atoms with van der Waals surface area (Å²) >= 11 is 0. The van der Waals surface area contributed by atoms with E-state index in [1.807, 2.05) is 48.5 Å². The van der Waals surface area contributed by atoms with Gasteiger partial charge in [-0.15, -0.1) is 10.1 Å². The van der Waals surface area contributed by atoms with Gasteiger partial charge in [-0.2, -0.15) is 0 Å². The molecular formula is C21H22N2O10Y. The normalized spacial score (nSPS) is 11.9. The Balaban J connectivity index is 0.00000107. The number of nitrogens with zero attached hydrogens (tertiary/aromatic N) is 1. The summed E-state index contributed by atoms with van der Waals surface area (Å²) in [6.45, 7) is -0.252. The summed E-state index contributed by atoms with van der Waals surface area (Å²) < 4.78 is 9.84. The number of nitrogens with one attached hydrogen (secondary N) is 1. The molecular weight excluding hydrogens is 529 g/mol. The Morgan fingerprint density at radius 2 is 1.50 bits per heavy atom. The minimum absolute atomic E-state index is 0. The van der Waals surface area contributed by atoms with Gasteiger partial charge in [0.1, 0.15) is 13.2 Å². The molecule has 12 nitrogen and oxygen atoms in total. The van der Waals surface area contributed by atoms with Crippen LogP contribution in [0.2, 0.25) is 0 Å². The Hall–Kier alpha value is -3.25. The van der Waals surface area contributed by atoms with Crippen LogP contribution in [0.4, 0.5) is 9.59 Å². The van der Waals surface area contributed by atoms with Crippen LogP contribution >= 0.6 is 0 Å². The SMILES string of the molecule is O=C(O)CCC(COC(=O)O)NC(=O)OCC1c2ccccc2-c2ccccc21.O=[N+]([O-])O.[Y]. The molecule has 0 heterocycles. The van der Waals surface area contributed by atoms with Crippen molar-refractivity contribution in [1.82, 2.24) is 5.32 Å². The van der Waals surface area contributed by atoms with Gasteiger partial charge in [0, 0.05) is 45.0 Å². The molecule has 1 aliphatic rings. The molecule has 2 aromatic rings. The minimum Gasteiger partial charge on any atom is -0.481 e.